The fourth-order valence-corrected chi connectivity index (χ4v) is 3.03. The third-order valence-corrected chi connectivity index (χ3v) is 4.49. The molecule has 0 bridgehead atoms. The van der Waals surface area contributed by atoms with Gasteiger partial charge in [-0.15, -0.1) is 0 Å². The van der Waals surface area contributed by atoms with Crippen LogP contribution in [0.3, 0.4) is 0 Å². The van der Waals surface area contributed by atoms with Gasteiger partial charge in [0, 0.05) is 11.3 Å². The van der Waals surface area contributed by atoms with Crippen molar-refractivity contribution < 1.29 is 14.3 Å². The Morgan fingerprint density at radius 1 is 1.23 bits per heavy atom. The molecule has 0 heterocycles. The van der Waals surface area contributed by atoms with Gasteiger partial charge in [-0.25, -0.2) is 4.39 Å². The number of carbonyl (C=O) groups excluding carboxylic acids is 1. The van der Waals surface area contributed by atoms with E-state index in [-0.39, 0.29) is 17.5 Å². The van der Waals surface area contributed by atoms with E-state index in [1.165, 1.54) is 12.1 Å². The van der Waals surface area contributed by atoms with Crippen LogP contribution in [0.1, 0.15) is 30.4 Å². The van der Waals surface area contributed by atoms with Gasteiger partial charge in [0.05, 0.1) is 5.41 Å². The first-order valence-corrected chi connectivity index (χ1v) is 7.39. The number of aryl methyl sites for hydroxylation is 1. The quantitative estimate of drug-likeness (QED) is 0.844. The Morgan fingerprint density at radius 3 is 2.55 bits per heavy atom. The van der Waals surface area contributed by atoms with Crippen molar-refractivity contribution in [1.82, 2.24) is 0 Å². The van der Waals surface area contributed by atoms with Crippen LogP contribution in [0, 0.1) is 12.7 Å². The molecular formula is C18H18FNO2. The van der Waals surface area contributed by atoms with E-state index in [1.54, 1.807) is 30.3 Å². The molecule has 0 aliphatic heterocycles. The number of aromatic hydroxyl groups is 1. The molecule has 0 spiro atoms. The fourth-order valence-electron chi connectivity index (χ4n) is 3.03. The first-order valence-electron chi connectivity index (χ1n) is 7.39. The molecule has 1 fully saturated rings. The van der Waals surface area contributed by atoms with E-state index in [0.29, 0.717) is 24.1 Å². The summed E-state index contributed by atoms with van der Waals surface area (Å²) < 4.78 is 14.1. The molecule has 2 N–H and O–H groups in total. The van der Waals surface area contributed by atoms with Crippen LogP contribution >= 0.6 is 0 Å². The molecule has 0 unspecified atom stereocenters. The zero-order chi connectivity index (χ0) is 15.7. The monoisotopic (exact) mass is 299 g/mol. The molecule has 22 heavy (non-hydrogen) atoms. The highest BCUT2D eigenvalue weighted by atomic mass is 19.1. The predicted molar refractivity (Wildman–Crippen MR) is 83.4 cm³/mol. The Kier molecular flexibility index (Phi) is 3.61. The maximum absolute atomic E-state index is 14.1. The van der Waals surface area contributed by atoms with E-state index in [4.69, 9.17) is 0 Å². The molecule has 3 nitrogen and oxygen atoms in total. The van der Waals surface area contributed by atoms with Crippen molar-refractivity contribution in [2.75, 3.05) is 5.32 Å². The summed E-state index contributed by atoms with van der Waals surface area (Å²) in [5.74, 6) is -0.361. The van der Waals surface area contributed by atoms with Gasteiger partial charge in [-0.05, 0) is 49.6 Å². The maximum Gasteiger partial charge on any atom is 0.235 e. The summed E-state index contributed by atoms with van der Waals surface area (Å²) in [5, 5.41) is 12.3. The van der Waals surface area contributed by atoms with E-state index < -0.39 is 5.41 Å². The highest BCUT2D eigenvalue weighted by Gasteiger charge is 2.47. The predicted octanol–water partition coefficient (Wildman–Crippen LogP) is 3.90. The lowest BCUT2D eigenvalue weighted by molar-refractivity contribution is -0.124. The van der Waals surface area contributed by atoms with Gasteiger partial charge in [-0.2, -0.15) is 0 Å². The number of benzene rings is 2. The number of rotatable bonds is 3. The first kappa shape index (κ1) is 14.6. The highest BCUT2D eigenvalue weighted by molar-refractivity contribution is 6.00. The second kappa shape index (κ2) is 5.44. The van der Waals surface area contributed by atoms with Gasteiger partial charge in [0.1, 0.15) is 11.6 Å². The first-order chi connectivity index (χ1) is 10.5. The maximum atomic E-state index is 14.1. The fraction of sp³-hybridized carbons (Fsp3) is 0.278. The van der Waals surface area contributed by atoms with E-state index in [9.17, 15) is 14.3 Å². The molecule has 2 aromatic rings. The number of phenols is 1. The Balaban J connectivity index is 1.91. The van der Waals surface area contributed by atoms with Crippen molar-refractivity contribution in [3.63, 3.8) is 0 Å². The van der Waals surface area contributed by atoms with Gasteiger partial charge in [0.15, 0.2) is 0 Å². The standard InChI is InChI=1S/C18H18FNO2/c1-12-11-13(21)7-8-16(12)20-17(22)18(9-4-10-18)14-5-2-3-6-15(14)19/h2-3,5-8,11,21H,4,9-10H2,1H3,(H,20,22). The number of amides is 1. The van der Waals surface area contributed by atoms with E-state index in [1.807, 2.05) is 6.92 Å². The van der Waals surface area contributed by atoms with Crippen LogP contribution in [0.5, 0.6) is 5.75 Å². The minimum Gasteiger partial charge on any atom is -0.508 e. The highest BCUT2D eigenvalue weighted by Crippen LogP contribution is 2.45. The van der Waals surface area contributed by atoms with Gasteiger partial charge >= 0.3 is 0 Å². The molecule has 1 saturated carbocycles. The molecule has 1 aliphatic carbocycles. The topological polar surface area (TPSA) is 49.3 Å². The second-order valence-corrected chi connectivity index (χ2v) is 5.87. The normalized spacial score (nSPS) is 15.9. The molecule has 0 saturated heterocycles. The largest absolute Gasteiger partial charge is 0.508 e. The van der Waals surface area contributed by atoms with Crippen LogP contribution in [0.25, 0.3) is 0 Å². The Labute approximate surface area is 128 Å². The lowest BCUT2D eigenvalue weighted by atomic mass is 9.63. The summed E-state index contributed by atoms with van der Waals surface area (Å²) in [6, 6.07) is 11.3. The number of phenolic OH excluding ortho intramolecular Hbond substituents is 1. The Morgan fingerprint density at radius 2 is 1.95 bits per heavy atom. The molecule has 4 heteroatoms. The molecule has 2 aromatic carbocycles. The average molecular weight is 299 g/mol. The SMILES string of the molecule is Cc1cc(O)ccc1NC(=O)C1(c2ccccc2F)CCC1. The van der Waals surface area contributed by atoms with Crippen LogP contribution in [-0.4, -0.2) is 11.0 Å². The number of carbonyl (C=O) groups is 1. The van der Waals surface area contributed by atoms with Gasteiger partial charge in [0.2, 0.25) is 5.91 Å². The molecule has 3 rings (SSSR count). The molecule has 0 atom stereocenters. The summed E-state index contributed by atoms with van der Waals surface area (Å²) in [7, 11) is 0. The van der Waals surface area contributed by atoms with Crippen molar-refractivity contribution in [3.8, 4) is 5.75 Å². The van der Waals surface area contributed by atoms with Gasteiger partial charge in [-0.3, -0.25) is 4.79 Å². The lowest BCUT2D eigenvalue weighted by Crippen LogP contribution is -2.46. The van der Waals surface area contributed by atoms with Crippen LogP contribution < -0.4 is 5.32 Å². The summed E-state index contributed by atoms with van der Waals surface area (Å²) in [6.07, 6.45) is 2.21. The Hall–Kier alpha value is -2.36. The second-order valence-electron chi connectivity index (χ2n) is 5.87. The zero-order valence-electron chi connectivity index (χ0n) is 12.4. The number of anilines is 1. The van der Waals surface area contributed by atoms with Crippen LogP contribution in [0.2, 0.25) is 0 Å². The third kappa shape index (κ3) is 2.34. The van der Waals surface area contributed by atoms with E-state index >= 15 is 0 Å². The van der Waals surface area contributed by atoms with Crippen molar-refractivity contribution >= 4 is 11.6 Å². The average Bonchev–Trinajstić information content (AvgIpc) is 2.43. The number of nitrogens with one attached hydrogen (secondary N) is 1. The van der Waals surface area contributed by atoms with E-state index in [0.717, 1.165) is 12.0 Å². The van der Waals surface area contributed by atoms with Crippen molar-refractivity contribution in [2.24, 2.45) is 0 Å². The number of hydrogen-bond donors (Lipinski definition) is 2. The summed E-state index contributed by atoms with van der Waals surface area (Å²) in [6.45, 7) is 1.81. The minimum atomic E-state index is -0.782. The summed E-state index contributed by atoms with van der Waals surface area (Å²) >= 11 is 0. The lowest BCUT2D eigenvalue weighted by Gasteiger charge is -2.40. The molecule has 1 aliphatic rings. The molecule has 1 amide bonds. The van der Waals surface area contributed by atoms with E-state index in [2.05, 4.69) is 5.32 Å². The number of hydrogen-bond acceptors (Lipinski definition) is 2. The Bertz CT molecular complexity index is 723. The minimum absolute atomic E-state index is 0.156. The van der Waals surface area contributed by atoms with Gasteiger partial charge < -0.3 is 10.4 Å². The molecular weight excluding hydrogens is 281 g/mol. The van der Waals surface area contributed by atoms with Gasteiger partial charge in [-0.1, -0.05) is 24.6 Å². The number of halogens is 1. The molecule has 0 aromatic heterocycles. The summed E-state index contributed by atoms with van der Waals surface area (Å²) in [4.78, 5) is 12.8. The van der Waals surface area contributed by atoms with Crippen molar-refractivity contribution in [1.29, 1.82) is 0 Å². The smallest absolute Gasteiger partial charge is 0.235 e. The van der Waals surface area contributed by atoms with Crippen LogP contribution in [-0.2, 0) is 10.2 Å². The van der Waals surface area contributed by atoms with Gasteiger partial charge in [0.25, 0.3) is 0 Å². The zero-order valence-corrected chi connectivity index (χ0v) is 12.4. The van der Waals surface area contributed by atoms with Crippen molar-refractivity contribution in [3.05, 3.63) is 59.4 Å². The molecule has 114 valence electrons. The van der Waals surface area contributed by atoms with Crippen molar-refractivity contribution in [2.45, 2.75) is 31.6 Å². The summed E-state index contributed by atoms with van der Waals surface area (Å²) in [5.41, 5.74) is 1.10. The van der Waals surface area contributed by atoms with Crippen LogP contribution in [0.4, 0.5) is 10.1 Å². The molecule has 0 radical (unpaired) electrons. The third-order valence-electron chi connectivity index (χ3n) is 4.49. The van der Waals surface area contributed by atoms with Crippen LogP contribution in [0.15, 0.2) is 42.5 Å².